The van der Waals surface area contributed by atoms with Crippen molar-refractivity contribution < 1.29 is 14.2 Å². The van der Waals surface area contributed by atoms with Crippen molar-refractivity contribution >= 4 is 0 Å². The lowest BCUT2D eigenvalue weighted by Crippen LogP contribution is -2.28. The largest absolute Gasteiger partial charge is 0.497 e. The van der Waals surface area contributed by atoms with Gasteiger partial charge in [0.1, 0.15) is 5.75 Å². The predicted octanol–water partition coefficient (Wildman–Crippen LogP) is 1.75. The van der Waals surface area contributed by atoms with Crippen molar-refractivity contribution in [2.24, 2.45) is 5.73 Å². The van der Waals surface area contributed by atoms with E-state index < -0.39 is 0 Å². The van der Waals surface area contributed by atoms with E-state index in [9.17, 15) is 0 Å². The molecule has 0 aliphatic rings. The van der Waals surface area contributed by atoms with E-state index in [4.69, 9.17) is 19.9 Å². The van der Waals surface area contributed by atoms with E-state index in [0.29, 0.717) is 13.2 Å². The quantitative estimate of drug-likeness (QED) is 0.736. The molecule has 0 aromatic heterocycles. The Morgan fingerprint density at radius 1 is 1.24 bits per heavy atom. The molecule has 0 fully saturated rings. The first-order chi connectivity index (χ1) is 8.19. The summed E-state index contributed by atoms with van der Waals surface area (Å²) >= 11 is 0. The maximum Gasteiger partial charge on any atom is 0.119 e. The van der Waals surface area contributed by atoms with Gasteiger partial charge in [0.15, 0.2) is 0 Å². The molecular formula is C13H21NO3. The second-order valence-corrected chi connectivity index (χ2v) is 3.92. The molecule has 2 unspecified atom stereocenters. The van der Waals surface area contributed by atoms with Gasteiger partial charge in [-0.1, -0.05) is 12.1 Å². The maximum atomic E-state index is 5.94. The lowest BCUT2D eigenvalue weighted by Gasteiger charge is -2.22. The van der Waals surface area contributed by atoms with Crippen LogP contribution < -0.4 is 10.5 Å². The molecule has 0 saturated heterocycles. The number of benzene rings is 1. The van der Waals surface area contributed by atoms with Crippen LogP contribution in [0.3, 0.4) is 0 Å². The SMILES string of the molecule is COCCOC(c1cccc(OC)c1)C(C)N. The lowest BCUT2D eigenvalue weighted by atomic mass is 10.0. The van der Waals surface area contributed by atoms with Crippen LogP contribution in [0.4, 0.5) is 0 Å². The van der Waals surface area contributed by atoms with Crippen LogP contribution in [0.2, 0.25) is 0 Å². The van der Waals surface area contributed by atoms with Gasteiger partial charge < -0.3 is 19.9 Å². The Labute approximate surface area is 103 Å². The van der Waals surface area contributed by atoms with Crippen LogP contribution in [-0.2, 0) is 9.47 Å². The Balaban J connectivity index is 2.74. The zero-order chi connectivity index (χ0) is 12.7. The summed E-state index contributed by atoms with van der Waals surface area (Å²) in [5, 5.41) is 0. The summed E-state index contributed by atoms with van der Waals surface area (Å²) in [5.41, 5.74) is 6.96. The van der Waals surface area contributed by atoms with Crippen molar-refractivity contribution in [3.8, 4) is 5.75 Å². The molecule has 0 saturated carbocycles. The van der Waals surface area contributed by atoms with Gasteiger partial charge in [0, 0.05) is 13.2 Å². The standard InChI is InChI=1S/C13H21NO3/c1-10(14)13(17-8-7-15-2)11-5-4-6-12(9-11)16-3/h4-6,9-10,13H,7-8,14H2,1-3H3. The monoisotopic (exact) mass is 239 g/mol. The normalized spacial score (nSPS) is 14.4. The van der Waals surface area contributed by atoms with Gasteiger partial charge in [-0.25, -0.2) is 0 Å². The van der Waals surface area contributed by atoms with Crippen molar-refractivity contribution in [2.45, 2.75) is 19.1 Å². The fraction of sp³-hybridized carbons (Fsp3) is 0.538. The number of nitrogens with two attached hydrogens (primary N) is 1. The zero-order valence-electron chi connectivity index (χ0n) is 10.7. The minimum Gasteiger partial charge on any atom is -0.497 e. The first kappa shape index (κ1) is 14.0. The Morgan fingerprint density at radius 2 is 2.00 bits per heavy atom. The van der Waals surface area contributed by atoms with Crippen LogP contribution >= 0.6 is 0 Å². The summed E-state index contributed by atoms with van der Waals surface area (Å²) in [7, 11) is 3.29. The molecule has 1 aromatic carbocycles. The van der Waals surface area contributed by atoms with Crippen LogP contribution in [0.25, 0.3) is 0 Å². The molecule has 0 aliphatic carbocycles. The third kappa shape index (κ3) is 4.34. The summed E-state index contributed by atoms with van der Waals surface area (Å²) in [6.45, 7) is 3.02. The number of ether oxygens (including phenoxy) is 3. The number of methoxy groups -OCH3 is 2. The third-order valence-corrected chi connectivity index (χ3v) is 2.48. The fourth-order valence-corrected chi connectivity index (χ4v) is 1.63. The average molecular weight is 239 g/mol. The first-order valence-corrected chi connectivity index (χ1v) is 5.69. The van der Waals surface area contributed by atoms with Crippen molar-refractivity contribution in [2.75, 3.05) is 27.4 Å². The highest BCUT2D eigenvalue weighted by atomic mass is 16.5. The Bertz CT molecular complexity index is 328. The van der Waals surface area contributed by atoms with Gasteiger partial charge in [-0.05, 0) is 24.6 Å². The molecule has 1 aromatic rings. The molecule has 1 rings (SSSR count). The topological polar surface area (TPSA) is 53.7 Å². The van der Waals surface area contributed by atoms with Crippen molar-refractivity contribution in [1.82, 2.24) is 0 Å². The van der Waals surface area contributed by atoms with Crippen molar-refractivity contribution in [3.63, 3.8) is 0 Å². The average Bonchev–Trinajstić information content (AvgIpc) is 2.34. The smallest absolute Gasteiger partial charge is 0.119 e. The van der Waals surface area contributed by atoms with Crippen LogP contribution in [0.5, 0.6) is 5.75 Å². The number of hydrogen-bond acceptors (Lipinski definition) is 4. The summed E-state index contributed by atoms with van der Waals surface area (Å²) in [4.78, 5) is 0. The Morgan fingerprint density at radius 3 is 2.59 bits per heavy atom. The van der Waals surface area contributed by atoms with E-state index in [1.165, 1.54) is 0 Å². The van der Waals surface area contributed by atoms with Gasteiger partial charge in [-0.15, -0.1) is 0 Å². The van der Waals surface area contributed by atoms with E-state index in [-0.39, 0.29) is 12.1 Å². The minimum absolute atomic E-state index is 0.0843. The van der Waals surface area contributed by atoms with E-state index in [1.807, 2.05) is 31.2 Å². The summed E-state index contributed by atoms with van der Waals surface area (Å²) in [6.07, 6.45) is -0.139. The van der Waals surface area contributed by atoms with E-state index in [2.05, 4.69) is 0 Å². The highest BCUT2D eigenvalue weighted by Gasteiger charge is 2.17. The van der Waals surface area contributed by atoms with Crippen LogP contribution in [-0.4, -0.2) is 33.5 Å². The molecule has 17 heavy (non-hydrogen) atoms. The molecule has 4 heteroatoms. The van der Waals surface area contributed by atoms with Crippen LogP contribution in [0.1, 0.15) is 18.6 Å². The van der Waals surface area contributed by atoms with E-state index >= 15 is 0 Å². The number of hydrogen-bond donors (Lipinski definition) is 1. The summed E-state index contributed by atoms with van der Waals surface area (Å²) in [6, 6.07) is 7.68. The van der Waals surface area contributed by atoms with Gasteiger partial charge in [-0.3, -0.25) is 0 Å². The molecule has 2 atom stereocenters. The molecule has 0 spiro atoms. The second-order valence-electron chi connectivity index (χ2n) is 3.92. The number of rotatable bonds is 7. The lowest BCUT2D eigenvalue weighted by molar-refractivity contribution is 0.00610. The van der Waals surface area contributed by atoms with Crippen LogP contribution in [0, 0.1) is 0 Å². The molecule has 0 aliphatic heterocycles. The van der Waals surface area contributed by atoms with Crippen molar-refractivity contribution in [1.29, 1.82) is 0 Å². The molecule has 96 valence electrons. The van der Waals surface area contributed by atoms with Gasteiger partial charge in [0.05, 0.1) is 26.4 Å². The van der Waals surface area contributed by atoms with Gasteiger partial charge in [0.25, 0.3) is 0 Å². The van der Waals surface area contributed by atoms with Gasteiger partial charge in [-0.2, -0.15) is 0 Å². The van der Waals surface area contributed by atoms with E-state index in [1.54, 1.807) is 14.2 Å². The maximum absolute atomic E-state index is 5.94. The Kier molecular flexibility index (Phi) is 5.97. The summed E-state index contributed by atoms with van der Waals surface area (Å²) in [5.74, 6) is 0.809. The zero-order valence-corrected chi connectivity index (χ0v) is 10.7. The molecule has 0 heterocycles. The highest BCUT2D eigenvalue weighted by molar-refractivity contribution is 5.30. The highest BCUT2D eigenvalue weighted by Crippen LogP contribution is 2.24. The predicted molar refractivity (Wildman–Crippen MR) is 67.2 cm³/mol. The minimum atomic E-state index is -0.139. The van der Waals surface area contributed by atoms with Gasteiger partial charge >= 0.3 is 0 Å². The second kappa shape index (κ2) is 7.27. The first-order valence-electron chi connectivity index (χ1n) is 5.69. The Hall–Kier alpha value is -1.10. The molecular weight excluding hydrogens is 218 g/mol. The third-order valence-electron chi connectivity index (χ3n) is 2.48. The van der Waals surface area contributed by atoms with Crippen molar-refractivity contribution in [3.05, 3.63) is 29.8 Å². The van der Waals surface area contributed by atoms with Gasteiger partial charge in [0.2, 0.25) is 0 Å². The molecule has 4 nitrogen and oxygen atoms in total. The summed E-state index contributed by atoms with van der Waals surface area (Å²) < 4.78 is 15.9. The molecule has 0 radical (unpaired) electrons. The van der Waals surface area contributed by atoms with Crippen LogP contribution in [0.15, 0.2) is 24.3 Å². The fourth-order valence-electron chi connectivity index (χ4n) is 1.63. The van der Waals surface area contributed by atoms with E-state index in [0.717, 1.165) is 11.3 Å². The molecule has 0 amide bonds. The molecule has 2 N–H and O–H groups in total. The molecule has 0 bridgehead atoms.